The zero-order chi connectivity index (χ0) is 26.0. The molecule has 0 spiro atoms. The molecule has 0 radical (unpaired) electrons. The van der Waals surface area contributed by atoms with E-state index in [9.17, 15) is 19.5 Å². The molecular weight excluding hydrogens is 490 g/mol. The number of hydrogen-bond acceptors (Lipinski definition) is 7. The van der Waals surface area contributed by atoms with E-state index in [0.29, 0.717) is 23.7 Å². The Balaban J connectivity index is 2.16. The third-order valence-electron chi connectivity index (χ3n) is 5.40. The van der Waals surface area contributed by atoms with Crippen LogP contribution in [0.1, 0.15) is 71.3 Å². The van der Waals surface area contributed by atoms with Crippen LogP contribution in [-0.4, -0.2) is 56.0 Å². The first kappa shape index (κ1) is 28.6. The summed E-state index contributed by atoms with van der Waals surface area (Å²) in [5.41, 5.74) is 0.652. The molecule has 192 valence electrons. The molecule has 1 aromatic carbocycles. The Labute approximate surface area is 215 Å². The molecule has 0 aromatic heterocycles. The molecule has 35 heavy (non-hydrogen) atoms. The van der Waals surface area contributed by atoms with E-state index >= 15 is 0 Å². The number of ether oxygens (including phenoxy) is 2. The van der Waals surface area contributed by atoms with Gasteiger partial charge >= 0.3 is 11.9 Å². The van der Waals surface area contributed by atoms with Crippen molar-refractivity contribution >= 4 is 52.2 Å². The van der Waals surface area contributed by atoms with E-state index in [1.54, 1.807) is 24.3 Å². The largest absolute Gasteiger partial charge is 0.490 e. The number of nitrogens with zero attached hydrogens (tertiary/aromatic N) is 1. The van der Waals surface area contributed by atoms with Crippen molar-refractivity contribution in [2.24, 2.45) is 0 Å². The van der Waals surface area contributed by atoms with Crippen molar-refractivity contribution < 1.29 is 34.1 Å². The number of unbranched alkanes of at least 4 members (excludes halogenated alkanes) is 4. The van der Waals surface area contributed by atoms with E-state index in [1.807, 2.05) is 13.8 Å². The van der Waals surface area contributed by atoms with Crippen LogP contribution < -0.4 is 9.47 Å². The lowest BCUT2D eigenvalue weighted by Crippen LogP contribution is -2.45. The summed E-state index contributed by atoms with van der Waals surface area (Å²) in [6.45, 7) is 6.53. The lowest BCUT2D eigenvalue weighted by atomic mass is 10.1. The SMILES string of the molecule is CCCCCCCC(C)Oc1ccc(C=C2SC(=S)N(C(CC(=O)O)C(=O)O)C2=O)cc1OCC. The second-order valence-electron chi connectivity index (χ2n) is 8.27. The number of carboxylic acid groups (broad SMARTS) is 2. The third-order valence-corrected chi connectivity index (χ3v) is 6.73. The minimum absolute atomic E-state index is 0.00708. The van der Waals surface area contributed by atoms with E-state index in [-0.39, 0.29) is 15.3 Å². The third kappa shape index (κ3) is 8.54. The van der Waals surface area contributed by atoms with Gasteiger partial charge in [-0.15, -0.1) is 0 Å². The Morgan fingerprint density at radius 3 is 2.49 bits per heavy atom. The van der Waals surface area contributed by atoms with Crippen LogP contribution in [0.4, 0.5) is 0 Å². The van der Waals surface area contributed by atoms with Crippen LogP contribution in [0.3, 0.4) is 0 Å². The number of rotatable bonds is 15. The van der Waals surface area contributed by atoms with Crippen molar-refractivity contribution in [2.75, 3.05) is 6.61 Å². The predicted octanol–water partition coefficient (Wildman–Crippen LogP) is 5.34. The second-order valence-corrected chi connectivity index (χ2v) is 9.95. The van der Waals surface area contributed by atoms with E-state index in [0.717, 1.165) is 29.5 Å². The summed E-state index contributed by atoms with van der Waals surface area (Å²) in [5.74, 6) is -2.23. The molecule has 1 saturated heterocycles. The number of thiocarbonyl (C=S) groups is 1. The average Bonchev–Trinajstić information content (AvgIpc) is 3.06. The smallest absolute Gasteiger partial charge is 0.327 e. The number of aliphatic carboxylic acids is 2. The summed E-state index contributed by atoms with van der Waals surface area (Å²) in [7, 11) is 0. The van der Waals surface area contributed by atoms with Crippen molar-refractivity contribution in [1.82, 2.24) is 4.90 Å². The molecule has 1 heterocycles. The number of thioether (sulfide) groups is 1. The summed E-state index contributed by atoms with van der Waals surface area (Å²) in [6, 6.07) is 3.76. The second kappa shape index (κ2) is 14.1. The standard InChI is InChI=1S/C25H33NO7S2/c1-4-6-7-8-9-10-16(3)33-19-12-11-17(13-20(19)32-5-2)14-21-23(29)26(25(34)35-21)18(24(30)31)15-22(27)28/h11-14,16,18H,4-10,15H2,1-3H3,(H,27,28)(H,30,31). The van der Waals surface area contributed by atoms with Gasteiger partial charge in [-0.1, -0.05) is 62.7 Å². The van der Waals surface area contributed by atoms with Crippen LogP contribution in [0.5, 0.6) is 11.5 Å². The lowest BCUT2D eigenvalue weighted by molar-refractivity contribution is -0.150. The number of hydrogen-bond donors (Lipinski definition) is 2. The van der Waals surface area contributed by atoms with Gasteiger partial charge in [-0.05, 0) is 50.5 Å². The number of carbonyl (C=O) groups excluding carboxylic acids is 1. The van der Waals surface area contributed by atoms with Gasteiger partial charge in [0.25, 0.3) is 5.91 Å². The Morgan fingerprint density at radius 2 is 1.86 bits per heavy atom. The van der Waals surface area contributed by atoms with Crippen molar-refractivity contribution in [2.45, 2.75) is 77.9 Å². The van der Waals surface area contributed by atoms with Crippen LogP contribution in [0, 0.1) is 0 Å². The fourth-order valence-corrected chi connectivity index (χ4v) is 5.00. The van der Waals surface area contributed by atoms with Gasteiger partial charge in [0.2, 0.25) is 0 Å². The maximum Gasteiger partial charge on any atom is 0.327 e. The lowest BCUT2D eigenvalue weighted by Gasteiger charge is -2.21. The number of carbonyl (C=O) groups is 3. The number of benzene rings is 1. The molecule has 1 aliphatic heterocycles. The van der Waals surface area contributed by atoms with Crippen LogP contribution in [-0.2, 0) is 14.4 Å². The van der Waals surface area contributed by atoms with E-state index in [4.69, 9.17) is 26.8 Å². The molecule has 1 amide bonds. The maximum absolute atomic E-state index is 12.9. The number of carboxylic acids is 2. The highest BCUT2D eigenvalue weighted by Crippen LogP contribution is 2.36. The Morgan fingerprint density at radius 1 is 1.14 bits per heavy atom. The van der Waals surface area contributed by atoms with Crippen molar-refractivity contribution in [3.05, 3.63) is 28.7 Å². The molecular formula is C25H33NO7S2. The first-order valence-corrected chi connectivity index (χ1v) is 13.1. The molecule has 1 aromatic rings. The Bertz CT molecular complexity index is 963. The van der Waals surface area contributed by atoms with Crippen LogP contribution in [0.15, 0.2) is 23.1 Å². The fraction of sp³-hybridized carbons (Fsp3) is 0.520. The summed E-state index contributed by atoms with van der Waals surface area (Å²) >= 11 is 6.12. The molecule has 2 unspecified atom stereocenters. The first-order chi connectivity index (χ1) is 16.7. The molecule has 2 atom stereocenters. The van der Waals surface area contributed by atoms with Gasteiger partial charge in [0, 0.05) is 0 Å². The van der Waals surface area contributed by atoms with Gasteiger partial charge in [-0.2, -0.15) is 0 Å². The predicted molar refractivity (Wildman–Crippen MR) is 140 cm³/mol. The highest BCUT2D eigenvalue weighted by molar-refractivity contribution is 8.26. The molecule has 2 rings (SSSR count). The van der Waals surface area contributed by atoms with Crippen molar-refractivity contribution in [1.29, 1.82) is 0 Å². The highest BCUT2D eigenvalue weighted by Gasteiger charge is 2.41. The zero-order valence-corrected chi connectivity index (χ0v) is 22.0. The molecule has 1 aliphatic rings. The van der Waals surface area contributed by atoms with E-state index < -0.39 is 30.3 Å². The molecule has 2 N–H and O–H groups in total. The molecule has 8 nitrogen and oxygen atoms in total. The van der Waals surface area contributed by atoms with Gasteiger partial charge in [0.05, 0.1) is 24.0 Å². The Kier molecular flexibility index (Phi) is 11.5. The monoisotopic (exact) mass is 523 g/mol. The molecule has 0 bridgehead atoms. The number of amides is 1. The summed E-state index contributed by atoms with van der Waals surface area (Å²) < 4.78 is 11.9. The van der Waals surface area contributed by atoms with Crippen molar-refractivity contribution in [3.8, 4) is 11.5 Å². The van der Waals surface area contributed by atoms with Crippen LogP contribution >= 0.6 is 24.0 Å². The molecule has 10 heteroatoms. The average molecular weight is 524 g/mol. The highest BCUT2D eigenvalue weighted by atomic mass is 32.2. The maximum atomic E-state index is 12.9. The van der Waals surface area contributed by atoms with E-state index in [1.165, 1.54) is 25.7 Å². The topological polar surface area (TPSA) is 113 Å². The zero-order valence-electron chi connectivity index (χ0n) is 20.3. The summed E-state index contributed by atoms with van der Waals surface area (Å²) in [5, 5.41) is 18.4. The minimum atomic E-state index is -1.57. The molecule has 1 fully saturated rings. The first-order valence-electron chi connectivity index (χ1n) is 11.8. The van der Waals surface area contributed by atoms with Gasteiger partial charge in [-0.3, -0.25) is 14.5 Å². The normalized spacial score (nSPS) is 16.4. The van der Waals surface area contributed by atoms with Gasteiger partial charge in [-0.25, -0.2) is 4.79 Å². The van der Waals surface area contributed by atoms with Gasteiger partial charge < -0.3 is 19.7 Å². The van der Waals surface area contributed by atoms with Gasteiger partial charge in [0.1, 0.15) is 10.4 Å². The Hall–Kier alpha value is -2.59. The minimum Gasteiger partial charge on any atom is -0.490 e. The quantitative estimate of drug-likeness (QED) is 0.179. The molecule has 0 saturated carbocycles. The van der Waals surface area contributed by atoms with Gasteiger partial charge in [0.15, 0.2) is 11.5 Å². The molecule has 0 aliphatic carbocycles. The van der Waals surface area contributed by atoms with E-state index in [2.05, 4.69) is 6.92 Å². The summed E-state index contributed by atoms with van der Waals surface area (Å²) in [4.78, 5) is 36.6. The fourth-order valence-electron chi connectivity index (χ4n) is 3.65. The summed E-state index contributed by atoms with van der Waals surface area (Å²) in [6.07, 6.45) is 7.80. The van der Waals surface area contributed by atoms with Crippen molar-refractivity contribution in [3.63, 3.8) is 0 Å². The van der Waals surface area contributed by atoms with Crippen LogP contribution in [0.25, 0.3) is 6.08 Å². The van der Waals surface area contributed by atoms with Crippen LogP contribution in [0.2, 0.25) is 0 Å².